The van der Waals surface area contributed by atoms with Crippen molar-refractivity contribution < 1.29 is 9.47 Å². The Hall–Kier alpha value is -1.55. The van der Waals surface area contributed by atoms with Crippen LogP contribution in [0.25, 0.3) is 10.6 Å². The first-order valence-corrected chi connectivity index (χ1v) is 5.26. The first kappa shape index (κ1) is 9.98. The van der Waals surface area contributed by atoms with Gasteiger partial charge < -0.3 is 9.47 Å². The van der Waals surface area contributed by atoms with Crippen molar-refractivity contribution in [3.8, 4) is 22.1 Å². The quantitative estimate of drug-likeness (QED) is 0.796. The monoisotopic (exact) mass is 220 g/mol. The molecule has 3 nitrogen and oxygen atoms in total. The summed E-state index contributed by atoms with van der Waals surface area (Å²) in [5.41, 5.74) is 0.984. The van der Waals surface area contributed by atoms with Gasteiger partial charge in [0.25, 0.3) is 0 Å². The molecule has 0 spiro atoms. The van der Waals surface area contributed by atoms with Crippen molar-refractivity contribution >= 4 is 11.3 Å². The van der Waals surface area contributed by atoms with Crippen molar-refractivity contribution in [1.29, 1.82) is 0 Å². The number of hydrogen-bond donors (Lipinski definition) is 0. The van der Waals surface area contributed by atoms with Gasteiger partial charge in [0.05, 0.1) is 14.2 Å². The largest absolute Gasteiger partial charge is 0.497 e. The van der Waals surface area contributed by atoms with Crippen LogP contribution in [-0.2, 0) is 0 Å². The fourth-order valence-corrected chi connectivity index (χ4v) is 1.83. The predicted octanol–water partition coefficient (Wildman–Crippen LogP) is 2.63. The van der Waals surface area contributed by atoms with Crippen LogP contribution in [0, 0.1) is 6.20 Å². The predicted molar refractivity (Wildman–Crippen MR) is 59.5 cm³/mol. The van der Waals surface area contributed by atoms with Gasteiger partial charge in [-0.2, -0.15) is 0 Å². The average Bonchev–Trinajstić information content (AvgIpc) is 2.81. The Morgan fingerprint density at radius 2 is 1.80 bits per heavy atom. The number of benzene rings is 1. The smallest absolute Gasteiger partial charge is 0.124 e. The van der Waals surface area contributed by atoms with E-state index in [0.29, 0.717) is 0 Å². The minimum Gasteiger partial charge on any atom is -0.497 e. The van der Waals surface area contributed by atoms with Crippen molar-refractivity contribution in [2.45, 2.75) is 0 Å². The van der Waals surface area contributed by atoms with Crippen LogP contribution in [-0.4, -0.2) is 19.2 Å². The van der Waals surface area contributed by atoms with Gasteiger partial charge in [-0.05, 0) is 12.1 Å². The van der Waals surface area contributed by atoms with Crippen LogP contribution in [0.4, 0.5) is 0 Å². The van der Waals surface area contributed by atoms with Crippen LogP contribution >= 0.6 is 11.3 Å². The lowest BCUT2D eigenvalue weighted by molar-refractivity contribution is 0.394. The maximum absolute atomic E-state index is 5.18. The molecular weight excluding hydrogens is 210 g/mol. The standard InChI is InChI=1S/C11H10NO2S/c1-13-9-5-8(6-10(7-9)14-2)11-12-3-4-15-11/h4-7H,1-2H3. The molecule has 0 saturated carbocycles. The highest BCUT2D eigenvalue weighted by atomic mass is 32.1. The number of methoxy groups -OCH3 is 2. The van der Waals surface area contributed by atoms with E-state index in [1.54, 1.807) is 14.2 Å². The summed E-state index contributed by atoms with van der Waals surface area (Å²) in [5.74, 6) is 1.53. The third kappa shape index (κ3) is 2.10. The molecule has 2 rings (SSSR count). The molecule has 0 saturated heterocycles. The Kier molecular flexibility index (Phi) is 2.87. The van der Waals surface area contributed by atoms with E-state index in [9.17, 15) is 0 Å². The zero-order chi connectivity index (χ0) is 10.7. The third-order valence-corrected chi connectivity index (χ3v) is 2.76. The van der Waals surface area contributed by atoms with E-state index in [4.69, 9.17) is 9.47 Å². The second-order valence-corrected chi connectivity index (χ2v) is 3.74. The molecule has 1 aromatic carbocycles. The molecule has 2 aromatic rings. The zero-order valence-corrected chi connectivity index (χ0v) is 9.30. The Labute approximate surface area is 92.3 Å². The fraction of sp³-hybridized carbons (Fsp3) is 0.182. The van der Waals surface area contributed by atoms with Crippen LogP contribution in [0.3, 0.4) is 0 Å². The first-order chi connectivity index (χ1) is 7.33. The van der Waals surface area contributed by atoms with Crippen LogP contribution < -0.4 is 9.47 Å². The van der Waals surface area contributed by atoms with Gasteiger partial charge in [0.2, 0.25) is 0 Å². The maximum Gasteiger partial charge on any atom is 0.124 e. The van der Waals surface area contributed by atoms with Gasteiger partial charge in [0.15, 0.2) is 0 Å². The van der Waals surface area contributed by atoms with Gasteiger partial charge >= 0.3 is 0 Å². The number of nitrogens with zero attached hydrogens (tertiary/aromatic N) is 1. The topological polar surface area (TPSA) is 31.4 Å². The third-order valence-electron chi connectivity index (χ3n) is 1.99. The van der Waals surface area contributed by atoms with Crippen molar-refractivity contribution in [3.05, 3.63) is 29.8 Å². The molecule has 0 aliphatic rings. The van der Waals surface area contributed by atoms with Crippen LogP contribution in [0.15, 0.2) is 23.6 Å². The van der Waals surface area contributed by atoms with Crippen molar-refractivity contribution in [2.75, 3.05) is 14.2 Å². The Bertz CT molecular complexity index is 418. The molecule has 0 amide bonds. The van der Waals surface area contributed by atoms with Gasteiger partial charge in [0, 0.05) is 17.0 Å². The SMILES string of the molecule is COc1cc(OC)cc(-c2n[c]cs2)c1. The lowest BCUT2D eigenvalue weighted by Crippen LogP contribution is -1.88. The summed E-state index contributed by atoms with van der Waals surface area (Å²) in [4.78, 5) is 4.12. The average molecular weight is 220 g/mol. The Morgan fingerprint density at radius 3 is 2.27 bits per heavy atom. The maximum atomic E-state index is 5.18. The van der Waals surface area contributed by atoms with Gasteiger partial charge in [-0.15, -0.1) is 11.3 Å². The second kappa shape index (κ2) is 4.31. The van der Waals surface area contributed by atoms with E-state index in [1.807, 2.05) is 23.6 Å². The van der Waals surface area contributed by atoms with Crippen LogP contribution in [0.5, 0.6) is 11.5 Å². The van der Waals surface area contributed by atoms with E-state index in [0.717, 1.165) is 22.1 Å². The summed E-state index contributed by atoms with van der Waals surface area (Å²) in [5, 5.41) is 2.73. The minimum absolute atomic E-state index is 0.763. The lowest BCUT2D eigenvalue weighted by Gasteiger charge is -2.06. The molecule has 0 fully saturated rings. The highest BCUT2D eigenvalue weighted by molar-refractivity contribution is 7.13. The van der Waals surface area contributed by atoms with Crippen LogP contribution in [0.2, 0.25) is 0 Å². The summed E-state index contributed by atoms with van der Waals surface area (Å²) < 4.78 is 10.4. The van der Waals surface area contributed by atoms with E-state index in [2.05, 4.69) is 11.2 Å². The molecule has 1 heterocycles. The summed E-state index contributed by atoms with van der Waals surface area (Å²) >= 11 is 1.54. The van der Waals surface area contributed by atoms with Gasteiger partial charge in [-0.3, -0.25) is 0 Å². The van der Waals surface area contributed by atoms with E-state index in [1.165, 1.54) is 11.3 Å². The number of thiazole rings is 1. The normalized spacial score (nSPS) is 10.0. The molecule has 1 aromatic heterocycles. The van der Waals surface area contributed by atoms with Crippen LogP contribution in [0.1, 0.15) is 0 Å². The molecule has 1 radical (unpaired) electrons. The van der Waals surface area contributed by atoms with Gasteiger partial charge in [0.1, 0.15) is 22.7 Å². The molecule has 0 aliphatic carbocycles. The van der Waals surface area contributed by atoms with E-state index < -0.39 is 0 Å². The lowest BCUT2D eigenvalue weighted by atomic mass is 10.2. The highest BCUT2D eigenvalue weighted by Crippen LogP contribution is 2.30. The summed E-state index contributed by atoms with van der Waals surface area (Å²) in [6.45, 7) is 0. The number of ether oxygens (including phenoxy) is 2. The number of hydrogen-bond acceptors (Lipinski definition) is 4. The molecule has 0 N–H and O–H groups in total. The van der Waals surface area contributed by atoms with Gasteiger partial charge in [-0.25, -0.2) is 4.98 Å². The molecular formula is C11H10NO2S. The molecule has 77 valence electrons. The molecule has 0 unspecified atom stereocenters. The molecule has 0 aliphatic heterocycles. The summed E-state index contributed by atoms with van der Waals surface area (Å²) in [7, 11) is 3.26. The summed E-state index contributed by atoms with van der Waals surface area (Å²) in [6, 6.07) is 5.69. The summed E-state index contributed by atoms with van der Waals surface area (Å²) in [6.07, 6.45) is 2.79. The number of rotatable bonds is 3. The molecule has 0 bridgehead atoms. The van der Waals surface area contributed by atoms with Crippen molar-refractivity contribution in [1.82, 2.24) is 4.98 Å². The molecule has 15 heavy (non-hydrogen) atoms. The van der Waals surface area contributed by atoms with Crippen molar-refractivity contribution in [2.24, 2.45) is 0 Å². The Morgan fingerprint density at radius 1 is 1.13 bits per heavy atom. The fourth-order valence-electron chi connectivity index (χ4n) is 1.26. The van der Waals surface area contributed by atoms with E-state index >= 15 is 0 Å². The zero-order valence-electron chi connectivity index (χ0n) is 8.48. The second-order valence-electron chi connectivity index (χ2n) is 2.88. The van der Waals surface area contributed by atoms with Gasteiger partial charge in [-0.1, -0.05) is 0 Å². The van der Waals surface area contributed by atoms with Crippen molar-refractivity contribution in [3.63, 3.8) is 0 Å². The van der Waals surface area contributed by atoms with E-state index in [-0.39, 0.29) is 0 Å². The first-order valence-electron chi connectivity index (χ1n) is 4.38. The molecule has 0 atom stereocenters. The number of aromatic nitrogens is 1. The minimum atomic E-state index is 0.763. The highest BCUT2D eigenvalue weighted by Gasteiger charge is 2.05. The molecule has 4 heteroatoms. The Balaban J connectivity index is 2.47.